The molecule has 2 aromatic heterocycles. The van der Waals surface area contributed by atoms with Gasteiger partial charge in [0.1, 0.15) is 12.4 Å². The van der Waals surface area contributed by atoms with E-state index in [0.29, 0.717) is 23.0 Å². The summed E-state index contributed by atoms with van der Waals surface area (Å²) in [6.45, 7) is 8.13. The second kappa shape index (κ2) is 18.0. The summed E-state index contributed by atoms with van der Waals surface area (Å²) in [5.74, 6) is 0.0784. The van der Waals surface area contributed by atoms with Gasteiger partial charge < -0.3 is 15.4 Å². The van der Waals surface area contributed by atoms with Crippen molar-refractivity contribution in [2.45, 2.75) is 38.6 Å². The van der Waals surface area contributed by atoms with E-state index in [1.165, 1.54) is 41.6 Å². The summed E-state index contributed by atoms with van der Waals surface area (Å²) in [5.41, 5.74) is 1.31. The zero-order chi connectivity index (χ0) is 23.5. The van der Waals surface area contributed by atoms with Crippen LogP contribution >= 0.6 is 23.1 Å². The Morgan fingerprint density at radius 2 is 1.94 bits per heavy atom. The molecule has 0 radical (unpaired) electrons. The van der Waals surface area contributed by atoms with Gasteiger partial charge in [-0.2, -0.15) is 0 Å². The Kier molecular flexibility index (Phi) is 16.4. The average Bonchev–Trinajstić information content (AvgIpc) is 3.30. The maximum Gasteiger partial charge on any atom is 0.232 e. The first kappa shape index (κ1) is 28.2. The maximum atomic E-state index is 13.5. The van der Waals surface area contributed by atoms with Gasteiger partial charge in [0.05, 0.1) is 6.20 Å². The SMILES string of the molecule is CC.CC.CNc1ccc(F)c(COc2cnccn2)c1.CSc1nnc(NC=O)s1. The number of carbonyl (C=O) groups excluding carboxylic acids is 1. The van der Waals surface area contributed by atoms with Gasteiger partial charge in [0.25, 0.3) is 0 Å². The van der Waals surface area contributed by atoms with Crippen molar-refractivity contribution in [3.63, 3.8) is 0 Å². The summed E-state index contributed by atoms with van der Waals surface area (Å²) in [6.07, 6.45) is 7.06. The second-order valence-corrected chi connectivity index (χ2v) is 6.76. The molecule has 2 heterocycles. The summed E-state index contributed by atoms with van der Waals surface area (Å²) in [5, 5.41) is 13.3. The molecule has 8 nitrogen and oxygen atoms in total. The number of thioether (sulfide) groups is 1. The van der Waals surface area contributed by atoms with Crippen molar-refractivity contribution in [3.05, 3.63) is 48.2 Å². The van der Waals surface area contributed by atoms with Crippen LogP contribution in [0.2, 0.25) is 0 Å². The number of amides is 1. The van der Waals surface area contributed by atoms with Crippen molar-refractivity contribution in [1.82, 2.24) is 20.2 Å². The molecule has 0 aliphatic rings. The summed E-state index contributed by atoms with van der Waals surface area (Å²) in [6, 6.07) is 4.77. The summed E-state index contributed by atoms with van der Waals surface area (Å²) in [7, 11) is 1.78. The number of nitrogens with one attached hydrogen (secondary N) is 2. The van der Waals surface area contributed by atoms with E-state index in [1.807, 2.05) is 34.0 Å². The number of nitrogens with zero attached hydrogens (tertiary/aromatic N) is 4. The van der Waals surface area contributed by atoms with E-state index in [4.69, 9.17) is 4.74 Å². The number of hydrogen-bond acceptors (Lipinski definition) is 9. The number of benzene rings is 1. The molecule has 3 aromatic rings. The minimum absolute atomic E-state index is 0.125. The molecule has 1 amide bonds. The van der Waals surface area contributed by atoms with E-state index in [0.717, 1.165) is 10.0 Å². The van der Waals surface area contributed by atoms with Gasteiger partial charge in [0, 0.05) is 30.7 Å². The summed E-state index contributed by atoms with van der Waals surface area (Å²) in [4.78, 5) is 17.7. The van der Waals surface area contributed by atoms with Crippen molar-refractivity contribution >= 4 is 40.3 Å². The molecule has 170 valence electrons. The Balaban J connectivity index is 0.000000549. The molecule has 11 heteroatoms. The molecular weight excluding hydrogens is 439 g/mol. The van der Waals surface area contributed by atoms with Gasteiger partial charge in [0.15, 0.2) is 4.34 Å². The second-order valence-electron chi connectivity index (χ2n) is 4.73. The van der Waals surface area contributed by atoms with E-state index in [1.54, 1.807) is 25.4 Å². The lowest BCUT2D eigenvalue weighted by molar-refractivity contribution is -0.105. The molecule has 0 aliphatic carbocycles. The summed E-state index contributed by atoms with van der Waals surface area (Å²) < 4.78 is 19.6. The van der Waals surface area contributed by atoms with Crippen molar-refractivity contribution in [1.29, 1.82) is 0 Å². The van der Waals surface area contributed by atoms with E-state index in [-0.39, 0.29) is 12.4 Å². The zero-order valence-corrected chi connectivity index (χ0v) is 20.2. The maximum absolute atomic E-state index is 13.5. The quantitative estimate of drug-likeness (QED) is 0.280. The predicted octanol–water partition coefficient (Wildman–Crippen LogP) is 5.12. The zero-order valence-electron chi connectivity index (χ0n) is 18.5. The van der Waals surface area contributed by atoms with Crippen molar-refractivity contribution < 1.29 is 13.9 Å². The predicted molar refractivity (Wildman–Crippen MR) is 126 cm³/mol. The highest BCUT2D eigenvalue weighted by Crippen LogP contribution is 2.22. The molecule has 2 N–H and O–H groups in total. The highest BCUT2D eigenvalue weighted by atomic mass is 32.2. The van der Waals surface area contributed by atoms with Crippen LogP contribution in [0.15, 0.2) is 41.1 Å². The van der Waals surface area contributed by atoms with Gasteiger partial charge in [-0.3, -0.25) is 9.78 Å². The third kappa shape index (κ3) is 11.2. The lowest BCUT2D eigenvalue weighted by Gasteiger charge is -2.07. The molecule has 0 saturated heterocycles. The van der Waals surface area contributed by atoms with Crippen molar-refractivity contribution in [2.75, 3.05) is 23.9 Å². The third-order valence-electron chi connectivity index (χ3n) is 3.01. The monoisotopic (exact) mass is 468 g/mol. The number of hydrogen-bond donors (Lipinski definition) is 2. The summed E-state index contributed by atoms with van der Waals surface area (Å²) >= 11 is 2.86. The Morgan fingerprint density at radius 3 is 2.48 bits per heavy atom. The Labute approximate surface area is 191 Å². The first-order chi connectivity index (χ1) is 15.2. The Bertz CT molecular complexity index is 853. The number of carbonyl (C=O) groups is 1. The average molecular weight is 469 g/mol. The normalized spacial score (nSPS) is 8.87. The fourth-order valence-electron chi connectivity index (χ4n) is 1.75. The number of ether oxygens (including phenoxy) is 1. The number of aromatic nitrogens is 4. The minimum Gasteiger partial charge on any atom is -0.472 e. The molecule has 0 atom stereocenters. The molecule has 0 spiro atoms. The van der Waals surface area contributed by atoms with Crippen LogP contribution in [0, 0.1) is 5.82 Å². The molecular formula is C20H29FN6O2S2. The van der Waals surface area contributed by atoms with Crippen LogP contribution in [0.4, 0.5) is 15.2 Å². The lowest BCUT2D eigenvalue weighted by atomic mass is 10.2. The molecule has 31 heavy (non-hydrogen) atoms. The number of rotatable bonds is 7. The lowest BCUT2D eigenvalue weighted by Crippen LogP contribution is -2.01. The van der Waals surface area contributed by atoms with Crippen LogP contribution < -0.4 is 15.4 Å². The van der Waals surface area contributed by atoms with E-state index >= 15 is 0 Å². The molecule has 0 saturated carbocycles. The van der Waals surface area contributed by atoms with Gasteiger partial charge in [-0.15, -0.1) is 10.2 Å². The van der Waals surface area contributed by atoms with Crippen LogP contribution in [-0.4, -0.2) is 39.9 Å². The van der Waals surface area contributed by atoms with Crippen LogP contribution in [0.5, 0.6) is 5.88 Å². The molecule has 1 aromatic carbocycles. The van der Waals surface area contributed by atoms with Gasteiger partial charge in [-0.25, -0.2) is 9.37 Å². The van der Waals surface area contributed by atoms with Gasteiger partial charge >= 0.3 is 0 Å². The Morgan fingerprint density at radius 1 is 1.19 bits per heavy atom. The topological polar surface area (TPSA) is 102 Å². The van der Waals surface area contributed by atoms with Crippen LogP contribution in [0.1, 0.15) is 33.3 Å². The van der Waals surface area contributed by atoms with Gasteiger partial charge in [-0.1, -0.05) is 50.8 Å². The largest absolute Gasteiger partial charge is 0.472 e. The van der Waals surface area contributed by atoms with Crippen molar-refractivity contribution in [3.8, 4) is 5.88 Å². The van der Waals surface area contributed by atoms with E-state index in [9.17, 15) is 9.18 Å². The molecule has 0 aliphatic heterocycles. The van der Waals surface area contributed by atoms with Crippen LogP contribution in [0.25, 0.3) is 0 Å². The van der Waals surface area contributed by atoms with Crippen LogP contribution in [0.3, 0.4) is 0 Å². The number of anilines is 2. The fraction of sp³-hybridized carbons (Fsp3) is 0.350. The molecule has 3 rings (SSSR count). The van der Waals surface area contributed by atoms with E-state index in [2.05, 4.69) is 30.8 Å². The number of halogens is 1. The first-order valence-electron chi connectivity index (χ1n) is 9.59. The Hall–Kier alpha value is -2.79. The van der Waals surface area contributed by atoms with Crippen LogP contribution in [-0.2, 0) is 11.4 Å². The van der Waals surface area contributed by atoms with Gasteiger partial charge in [0.2, 0.25) is 17.4 Å². The fourth-order valence-corrected chi connectivity index (χ4v) is 2.88. The highest BCUT2D eigenvalue weighted by molar-refractivity contribution is 8.00. The van der Waals surface area contributed by atoms with Crippen molar-refractivity contribution in [2.24, 2.45) is 0 Å². The molecule has 0 fully saturated rings. The standard InChI is InChI=1S/C12H12FN3O.C4H5N3OS2.2C2H6/c1-14-10-2-3-11(13)9(6-10)8-17-12-7-15-4-5-16-12;1-9-4-7-6-3(10-4)5-2-8;2*1-2/h2-7,14H,8H2,1H3;2H,1H3,(H,5,6,8);2*1-2H3. The molecule has 0 unspecified atom stereocenters. The highest BCUT2D eigenvalue weighted by Gasteiger charge is 2.04. The minimum atomic E-state index is -0.298. The molecule has 0 bridgehead atoms. The first-order valence-corrected chi connectivity index (χ1v) is 11.6. The third-order valence-corrected chi connectivity index (χ3v) is 4.84. The van der Waals surface area contributed by atoms with Gasteiger partial charge in [-0.05, 0) is 24.5 Å². The van der Waals surface area contributed by atoms with E-state index < -0.39 is 0 Å². The smallest absolute Gasteiger partial charge is 0.232 e.